The molecule has 0 aromatic rings. The van der Waals surface area contributed by atoms with Gasteiger partial charge in [0.1, 0.15) is 0 Å². The van der Waals surface area contributed by atoms with Crippen molar-refractivity contribution in [2.45, 2.75) is 38.3 Å². The molecule has 0 bridgehead atoms. The van der Waals surface area contributed by atoms with Gasteiger partial charge in [-0.15, -0.1) is 0 Å². The summed E-state index contributed by atoms with van der Waals surface area (Å²) in [6.45, 7) is 3.42. The molecule has 14 heavy (non-hydrogen) atoms. The van der Waals surface area contributed by atoms with Crippen molar-refractivity contribution in [1.82, 2.24) is 10.6 Å². The predicted octanol–water partition coefficient (Wildman–Crippen LogP) is 0.280. The van der Waals surface area contributed by atoms with Gasteiger partial charge in [0.05, 0.1) is 12.6 Å². The summed E-state index contributed by atoms with van der Waals surface area (Å²) in [5.41, 5.74) is 0. The molecule has 0 radical (unpaired) electrons. The van der Waals surface area contributed by atoms with Crippen LogP contribution >= 0.6 is 0 Å². The summed E-state index contributed by atoms with van der Waals surface area (Å²) in [7, 11) is 1.71. The number of hydrogen-bond acceptors (Lipinski definition) is 3. The van der Waals surface area contributed by atoms with Crippen molar-refractivity contribution in [3.63, 3.8) is 0 Å². The number of hydrogen-bond donors (Lipinski definition) is 2. The summed E-state index contributed by atoms with van der Waals surface area (Å²) < 4.78 is 5.13. The Labute approximate surface area is 85.4 Å². The Bertz CT molecular complexity index is 179. The zero-order chi connectivity index (χ0) is 10.4. The van der Waals surface area contributed by atoms with Crippen LogP contribution < -0.4 is 10.6 Å². The minimum atomic E-state index is 0.0954. The fourth-order valence-corrected chi connectivity index (χ4v) is 1.53. The van der Waals surface area contributed by atoms with Gasteiger partial charge in [-0.2, -0.15) is 0 Å². The zero-order valence-electron chi connectivity index (χ0n) is 9.01. The highest BCUT2D eigenvalue weighted by Crippen LogP contribution is 2.22. The van der Waals surface area contributed by atoms with Crippen molar-refractivity contribution in [3.8, 4) is 0 Å². The van der Waals surface area contributed by atoms with E-state index in [0.29, 0.717) is 18.7 Å². The number of carbonyl (C=O) groups excluding carboxylic acids is 1. The molecule has 1 saturated carbocycles. The van der Waals surface area contributed by atoms with Crippen LogP contribution in [0.15, 0.2) is 0 Å². The van der Waals surface area contributed by atoms with Crippen LogP contribution in [0.2, 0.25) is 0 Å². The van der Waals surface area contributed by atoms with E-state index < -0.39 is 0 Å². The molecular formula is C10H20N2O2. The Balaban J connectivity index is 1.99. The average molecular weight is 200 g/mol. The number of amides is 1. The molecular weight excluding hydrogens is 180 g/mol. The molecule has 4 nitrogen and oxygen atoms in total. The normalized spacial score (nSPS) is 25.6. The van der Waals surface area contributed by atoms with Gasteiger partial charge in [-0.1, -0.05) is 6.92 Å². The molecule has 1 aliphatic rings. The number of nitrogens with one attached hydrogen (secondary N) is 2. The second kappa shape index (κ2) is 5.98. The minimum Gasteiger partial charge on any atom is -0.381 e. The van der Waals surface area contributed by atoms with Crippen molar-refractivity contribution >= 4 is 5.91 Å². The maximum absolute atomic E-state index is 11.3. The summed E-state index contributed by atoms with van der Waals surface area (Å²) >= 11 is 0. The number of ether oxygens (including phenoxy) is 1. The topological polar surface area (TPSA) is 50.4 Å². The largest absolute Gasteiger partial charge is 0.381 e. The van der Waals surface area contributed by atoms with Crippen molar-refractivity contribution < 1.29 is 9.53 Å². The van der Waals surface area contributed by atoms with Crippen LogP contribution in [0.1, 0.15) is 26.2 Å². The first-order valence-electron chi connectivity index (χ1n) is 5.29. The highest BCUT2D eigenvalue weighted by Gasteiger charge is 2.29. The van der Waals surface area contributed by atoms with Gasteiger partial charge in [0.2, 0.25) is 5.91 Å². The van der Waals surface area contributed by atoms with Crippen molar-refractivity contribution in [1.29, 1.82) is 0 Å². The first-order chi connectivity index (χ1) is 6.76. The third kappa shape index (κ3) is 3.64. The van der Waals surface area contributed by atoms with E-state index in [1.165, 1.54) is 0 Å². The van der Waals surface area contributed by atoms with Crippen LogP contribution in [0.3, 0.4) is 0 Å². The Morgan fingerprint density at radius 2 is 2.21 bits per heavy atom. The van der Waals surface area contributed by atoms with Crippen LogP contribution in [-0.4, -0.2) is 38.3 Å². The second-order valence-electron chi connectivity index (χ2n) is 3.77. The molecule has 1 rings (SSSR count). The van der Waals surface area contributed by atoms with Crippen molar-refractivity contribution in [2.75, 3.05) is 20.2 Å². The molecule has 0 saturated heterocycles. The maximum Gasteiger partial charge on any atom is 0.234 e. The lowest BCUT2D eigenvalue weighted by Gasteiger charge is -2.34. The fraction of sp³-hybridized carbons (Fsp3) is 0.900. The minimum absolute atomic E-state index is 0.0954. The lowest BCUT2D eigenvalue weighted by molar-refractivity contribution is -0.122. The van der Waals surface area contributed by atoms with Crippen molar-refractivity contribution in [2.24, 2.45) is 0 Å². The molecule has 0 aromatic heterocycles. The van der Waals surface area contributed by atoms with E-state index in [-0.39, 0.29) is 5.91 Å². The van der Waals surface area contributed by atoms with E-state index in [1.807, 2.05) is 0 Å². The van der Waals surface area contributed by atoms with Crippen LogP contribution in [-0.2, 0) is 9.53 Å². The monoisotopic (exact) mass is 200 g/mol. The highest BCUT2D eigenvalue weighted by molar-refractivity contribution is 5.78. The molecule has 82 valence electrons. The lowest BCUT2D eigenvalue weighted by Crippen LogP contribution is -2.49. The van der Waals surface area contributed by atoms with Gasteiger partial charge in [-0.25, -0.2) is 0 Å². The van der Waals surface area contributed by atoms with Gasteiger partial charge >= 0.3 is 0 Å². The maximum atomic E-state index is 11.3. The molecule has 0 unspecified atom stereocenters. The fourth-order valence-electron chi connectivity index (χ4n) is 1.53. The zero-order valence-corrected chi connectivity index (χ0v) is 9.01. The molecule has 0 aliphatic heterocycles. The SMILES string of the molecule is CCCNCC(=O)NC1CC(OC)C1. The molecule has 0 heterocycles. The third-order valence-corrected chi connectivity index (χ3v) is 2.51. The van der Waals surface area contributed by atoms with Crippen LogP contribution in [0.25, 0.3) is 0 Å². The van der Waals surface area contributed by atoms with E-state index in [1.54, 1.807) is 7.11 Å². The van der Waals surface area contributed by atoms with Crippen LogP contribution in [0, 0.1) is 0 Å². The average Bonchev–Trinajstić information content (AvgIpc) is 2.11. The lowest BCUT2D eigenvalue weighted by atomic mass is 9.89. The smallest absolute Gasteiger partial charge is 0.234 e. The predicted molar refractivity (Wildman–Crippen MR) is 55.1 cm³/mol. The van der Waals surface area contributed by atoms with Crippen LogP contribution in [0.4, 0.5) is 0 Å². The Kier molecular flexibility index (Phi) is 4.90. The second-order valence-corrected chi connectivity index (χ2v) is 3.77. The molecule has 1 amide bonds. The molecule has 0 aromatic carbocycles. The van der Waals surface area contributed by atoms with E-state index in [4.69, 9.17) is 4.74 Å². The summed E-state index contributed by atoms with van der Waals surface area (Å²) in [6, 6.07) is 0.330. The first-order valence-corrected chi connectivity index (χ1v) is 5.29. The molecule has 0 spiro atoms. The van der Waals surface area contributed by atoms with Gasteiger partial charge in [0.25, 0.3) is 0 Å². The summed E-state index contributed by atoms with van der Waals surface area (Å²) in [4.78, 5) is 11.3. The highest BCUT2D eigenvalue weighted by atomic mass is 16.5. The summed E-state index contributed by atoms with van der Waals surface area (Å²) in [5, 5.41) is 6.03. The molecule has 1 fully saturated rings. The Morgan fingerprint density at radius 3 is 2.79 bits per heavy atom. The number of rotatable bonds is 6. The van der Waals surface area contributed by atoms with Gasteiger partial charge in [-0.3, -0.25) is 4.79 Å². The Hall–Kier alpha value is -0.610. The Morgan fingerprint density at radius 1 is 1.50 bits per heavy atom. The van der Waals surface area contributed by atoms with Gasteiger partial charge in [0, 0.05) is 13.2 Å². The standard InChI is InChI=1S/C10H20N2O2/c1-3-4-11-7-10(13)12-8-5-9(6-8)14-2/h8-9,11H,3-7H2,1-2H3,(H,12,13). The molecule has 1 aliphatic carbocycles. The molecule has 2 N–H and O–H groups in total. The van der Waals surface area contributed by atoms with Gasteiger partial charge < -0.3 is 15.4 Å². The number of carbonyl (C=O) groups is 1. The van der Waals surface area contributed by atoms with Gasteiger partial charge in [0.15, 0.2) is 0 Å². The third-order valence-electron chi connectivity index (χ3n) is 2.51. The number of methoxy groups -OCH3 is 1. The van der Waals surface area contributed by atoms with E-state index >= 15 is 0 Å². The quantitative estimate of drug-likeness (QED) is 0.605. The van der Waals surface area contributed by atoms with Crippen LogP contribution in [0.5, 0.6) is 0 Å². The summed E-state index contributed by atoms with van der Waals surface area (Å²) in [6.07, 6.45) is 3.32. The molecule has 0 atom stereocenters. The van der Waals surface area contributed by atoms with E-state index in [9.17, 15) is 4.79 Å². The van der Waals surface area contributed by atoms with E-state index in [0.717, 1.165) is 25.8 Å². The van der Waals surface area contributed by atoms with Gasteiger partial charge in [-0.05, 0) is 25.8 Å². The van der Waals surface area contributed by atoms with Crippen molar-refractivity contribution in [3.05, 3.63) is 0 Å². The van der Waals surface area contributed by atoms with E-state index in [2.05, 4.69) is 17.6 Å². The molecule has 4 heteroatoms. The first kappa shape index (κ1) is 11.5. The summed E-state index contributed by atoms with van der Waals surface area (Å²) in [5.74, 6) is 0.0954.